The first-order valence-electron chi connectivity index (χ1n) is 6.30. The Morgan fingerprint density at radius 1 is 1.00 bits per heavy atom. The van der Waals surface area contributed by atoms with Crippen molar-refractivity contribution in [2.75, 3.05) is 5.32 Å². The maximum absolute atomic E-state index is 11.8. The summed E-state index contributed by atoms with van der Waals surface area (Å²) in [6, 6.07) is 9.88. The molecule has 2 aromatic carbocycles. The summed E-state index contributed by atoms with van der Waals surface area (Å²) in [5.74, 6) is -1.86. The van der Waals surface area contributed by atoms with Crippen LogP contribution in [0.1, 0.15) is 15.9 Å². The lowest BCUT2D eigenvalue weighted by Gasteiger charge is -2.07. The summed E-state index contributed by atoms with van der Waals surface area (Å²) in [5.41, 5.74) is 0.486. The zero-order chi connectivity index (χ0) is 16.1. The highest BCUT2D eigenvalue weighted by atomic mass is 16.4. The summed E-state index contributed by atoms with van der Waals surface area (Å²) in [5, 5.41) is 30.1. The Morgan fingerprint density at radius 2 is 1.73 bits per heavy atom. The normalized spacial score (nSPS) is 10.5. The first-order valence-corrected chi connectivity index (χ1v) is 6.30. The Bertz CT molecular complexity index is 752. The van der Waals surface area contributed by atoms with Crippen LogP contribution < -0.4 is 5.32 Å². The molecule has 0 saturated heterocycles. The van der Waals surface area contributed by atoms with Gasteiger partial charge in [0.2, 0.25) is 5.91 Å². The molecular weight excluding hydrogens is 286 g/mol. The number of phenolic OH excluding ortho intramolecular Hbond substituents is 2. The molecule has 0 aliphatic carbocycles. The molecule has 6 nitrogen and oxygen atoms in total. The number of amides is 1. The minimum atomic E-state index is -1.22. The fourth-order valence-electron chi connectivity index (χ4n) is 1.80. The number of aromatic carboxylic acids is 1. The van der Waals surface area contributed by atoms with E-state index < -0.39 is 11.9 Å². The molecule has 1 amide bonds. The van der Waals surface area contributed by atoms with E-state index in [1.807, 2.05) is 0 Å². The molecule has 0 heterocycles. The third-order valence-electron chi connectivity index (χ3n) is 2.79. The molecule has 2 rings (SSSR count). The molecule has 4 N–H and O–H groups in total. The highest BCUT2D eigenvalue weighted by Crippen LogP contribution is 2.22. The van der Waals surface area contributed by atoms with Crippen LogP contribution in [0.2, 0.25) is 0 Å². The zero-order valence-electron chi connectivity index (χ0n) is 11.4. The van der Waals surface area contributed by atoms with Gasteiger partial charge in [-0.25, -0.2) is 4.79 Å². The summed E-state index contributed by atoms with van der Waals surface area (Å²) < 4.78 is 0. The Balaban J connectivity index is 2.15. The van der Waals surface area contributed by atoms with Crippen molar-refractivity contribution >= 4 is 23.6 Å². The number of aromatic hydroxyl groups is 2. The molecule has 112 valence electrons. The number of carbonyl (C=O) groups is 2. The van der Waals surface area contributed by atoms with E-state index in [1.54, 1.807) is 12.1 Å². The molecule has 6 heteroatoms. The molecule has 0 unspecified atom stereocenters. The van der Waals surface area contributed by atoms with Crippen LogP contribution in [0.15, 0.2) is 48.5 Å². The largest absolute Gasteiger partial charge is 0.508 e. The van der Waals surface area contributed by atoms with E-state index in [9.17, 15) is 19.8 Å². The van der Waals surface area contributed by atoms with Crippen LogP contribution in [-0.2, 0) is 4.79 Å². The molecule has 0 bridgehead atoms. The van der Waals surface area contributed by atoms with Crippen LogP contribution in [0.5, 0.6) is 11.5 Å². The summed E-state index contributed by atoms with van der Waals surface area (Å²) in [6.45, 7) is 0. The lowest BCUT2D eigenvalue weighted by Crippen LogP contribution is -2.11. The number of hydrogen-bond donors (Lipinski definition) is 4. The second kappa shape index (κ2) is 6.45. The highest BCUT2D eigenvalue weighted by Gasteiger charge is 2.12. The smallest absolute Gasteiger partial charge is 0.337 e. The Labute approximate surface area is 126 Å². The first-order chi connectivity index (χ1) is 10.5. The van der Waals surface area contributed by atoms with Crippen LogP contribution in [0.25, 0.3) is 6.08 Å². The van der Waals surface area contributed by atoms with Crippen molar-refractivity contribution in [2.24, 2.45) is 0 Å². The molecule has 0 aromatic heterocycles. The molecule has 2 aromatic rings. The van der Waals surface area contributed by atoms with E-state index in [0.717, 1.165) is 6.07 Å². The predicted molar refractivity (Wildman–Crippen MR) is 80.8 cm³/mol. The molecular formula is C16H13NO5. The fourth-order valence-corrected chi connectivity index (χ4v) is 1.80. The molecule has 0 fully saturated rings. The molecule has 0 aliphatic rings. The average molecular weight is 299 g/mol. The second-order valence-corrected chi connectivity index (χ2v) is 4.45. The van der Waals surface area contributed by atoms with Crippen LogP contribution in [0.3, 0.4) is 0 Å². The quantitative estimate of drug-likeness (QED) is 0.649. The van der Waals surface area contributed by atoms with Crippen LogP contribution in [-0.4, -0.2) is 27.2 Å². The van der Waals surface area contributed by atoms with E-state index in [0.29, 0.717) is 5.56 Å². The molecule has 0 radical (unpaired) electrons. The van der Waals surface area contributed by atoms with Crippen molar-refractivity contribution < 1.29 is 24.9 Å². The van der Waals surface area contributed by atoms with Crippen molar-refractivity contribution in [2.45, 2.75) is 0 Å². The molecule has 0 aliphatic heterocycles. The van der Waals surface area contributed by atoms with Gasteiger partial charge in [0.15, 0.2) is 0 Å². The number of carbonyl (C=O) groups excluding carboxylic acids is 1. The lowest BCUT2D eigenvalue weighted by molar-refractivity contribution is -0.111. The third kappa shape index (κ3) is 3.86. The van der Waals surface area contributed by atoms with E-state index in [4.69, 9.17) is 5.11 Å². The highest BCUT2D eigenvalue weighted by molar-refractivity contribution is 6.06. The van der Waals surface area contributed by atoms with Gasteiger partial charge in [-0.2, -0.15) is 0 Å². The molecule has 0 spiro atoms. The standard InChI is InChI=1S/C16H13NO5/c18-11-3-1-2-10(8-11)4-7-15(20)17-14-9-12(19)5-6-13(14)16(21)22/h1-9,18-19H,(H,17,20)(H,21,22). The number of hydrogen-bond acceptors (Lipinski definition) is 4. The summed E-state index contributed by atoms with van der Waals surface area (Å²) >= 11 is 0. The van der Waals surface area contributed by atoms with Gasteiger partial charge >= 0.3 is 5.97 Å². The lowest BCUT2D eigenvalue weighted by atomic mass is 10.1. The van der Waals surface area contributed by atoms with Crippen molar-refractivity contribution in [3.8, 4) is 11.5 Å². The topological polar surface area (TPSA) is 107 Å². The zero-order valence-corrected chi connectivity index (χ0v) is 11.4. The Kier molecular flexibility index (Phi) is 4.43. The van der Waals surface area contributed by atoms with Gasteiger partial charge in [-0.15, -0.1) is 0 Å². The van der Waals surface area contributed by atoms with Crippen molar-refractivity contribution in [3.05, 3.63) is 59.7 Å². The van der Waals surface area contributed by atoms with E-state index in [1.165, 1.54) is 36.4 Å². The molecule has 22 heavy (non-hydrogen) atoms. The monoisotopic (exact) mass is 299 g/mol. The molecule has 0 saturated carbocycles. The van der Waals surface area contributed by atoms with Crippen LogP contribution >= 0.6 is 0 Å². The number of benzene rings is 2. The van der Waals surface area contributed by atoms with Crippen LogP contribution in [0.4, 0.5) is 5.69 Å². The summed E-state index contributed by atoms with van der Waals surface area (Å²) in [7, 11) is 0. The van der Waals surface area contributed by atoms with E-state index in [2.05, 4.69) is 5.32 Å². The van der Waals surface area contributed by atoms with Gasteiger partial charge in [-0.3, -0.25) is 4.79 Å². The Morgan fingerprint density at radius 3 is 2.41 bits per heavy atom. The predicted octanol–water partition coefficient (Wildman–Crippen LogP) is 2.45. The van der Waals surface area contributed by atoms with Gasteiger partial charge in [-0.1, -0.05) is 12.1 Å². The van der Waals surface area contributed by atoms with Gasteiger partial charge in [0.05, 0.1) is 11.3 Å². The van der Waals surface area contributed by atoms with Gasteiger partial charge in [0, 0.05) is 12.1 Å². The second-order valence-electron chi connectivity index (χ2n) is 4.45. The minimum Gasteiger partial charge on any atom is -0.508 e. The number of anilines is 1. The number of carboxylic acids is 1. The van der Waals surface area contributed by atoms with Crippen molar-refractivity contribution in [3.63, 3.8) is 0 Å². The van der Waals surface area contributed by atoms with Crippen molar-refractivity contribution in [1.82, 2.24) is 0 Å². The fraction of sp³-hybridized carbons (Fsp3) is 0. The maximum atomic E-state index is 11.8. The maximum Gasteiger partial charge on any atom is 0.337 e. The average Bonchev–Trinajstić information content (AvgIpc) is 2.45. The van der Waals surface area contributed by atoms with Gasteiger partial charge in [0.25, 0.3) is 0 Å². The van der Waals surface area contributed by atoms with Crippen molar-refractivity contribution in [1.29, 1.82) is 0 Å². The summed E-state index contributed by atoms with van der Waals surface area (Å²) in [4.78, 5) is 22.9. The first kappa shape index (κ1) is 15.1. The van der Waals surface area contributed by atoms with Gasteiger partial charge in [-0.05, 0) is 35.9 Å². The van der Waals surface area contributed by atoms with Gasteiger partial charge in [0.1, 0.15) is 11.5 Å². The SMILES string of the molecule is O=C(C=Cc1cccc(O)c1)Nc1cc(O)ccc1C(=O)O. The van der Waals surface area contributed by atoms with Gasteiger partial charge < -0.3 is 20.6 Å². The summed E-state index contributed by atoms with van der Waals surface area (Å²) in [6.07, 6.45) is 2.67. The van der Waals surface area contributed by atoms with E-state index in [-0.39, 0.29) is 22.7 Å². The number of phenols is 2. The number of carboxylic acid groups (broad SMARTS) is 1. The number of nitrogens with one attached hydrogen (secondary N) is 1. The number of rotatable bonds is 4. The third-order valence-corrected chi connectivity index (χ3v) is 2.79. The van der Waals surface area contributed by atoms with E-state index >= 15 is 0 Å². The van der Waals surface area contributed by atoms with Crippen LogP contribution in [0, 0.1) is 0 Å². The minimum absolute atomic E-state index is 0.00180. The molecule has 0 atom stereocenters. The Hall–Kier alpha value is -3.28.